The molecule has 0 bridgehead atoms. The van der Waals surface area contributed by atoms with Gasteiger partial charge in [0.2, 0.25) is 0 Å². The lowest BCUT2D eigenvalue weighted by molar-refractivity contribution is -0.120. The number of rotatable bonds is 5. The minimum Gasteiger partial charge on any atom is -0.350 e. The summed E-state index contributed by atoms with van der Waals surface area (Å²) in [5.74, 6) is -3.01. The Kier molecular flexibility index (Phi) is 6.81. The van der Waals surface area contributed by atoms with Crippen molar-refractivity contribution in [3.63, 3.8) is 0 Å². The molecule has 0 aliphatic carbocycles. The molecule has 0 atom stereocenters. The van der Waals surface area contributed by atoms with Crippen LogP contribution in [-0.2, 0) is 9.59 Å². The number of imide groups is 1. The third kappa shape index (κ3) is 4.60. The van der Waals surface area contributed by atoms with Crippen molar-refractivity contribution in [2.24, 2.45) is 0 Å². The van der Waals surface area contributed by atoms with Crippen LogP contribution in [0.15, 0.2) is 71.4 Å². The molecule has 0 saturated heterocycles. The molecule has 4 rings (SSSR count). The number of hydrogen-bond acceptors (Lipinski definition) is 4. The molecule has 1 aliphatic rings. The van der Waals surface area contributed by atoms with Crippen molar-refractivity contribution in [2.75, 3.05) is 15.5 Å². The van der Waals surface area contributed by atoms with Gasteiger partial charge in [0, 0.05) is 16.3 Å². The summed E-state index contributed by atoms with van der Waals surface area (Å²) in [7, 11) is 0. The van der Waals surface area contributed by atoms with Gasteiger partial charge < -0.3 is 10.6 Å². The minimum absolute atomic E-state index is 0.153. The molecule has 6 nitrogen and oxygen atoms in total. The van der Waals surface area contributed by atoms with Crippen LogP contribution in [0.1, 0.15) is 10.4 Å². The Hall–Kier alpha value is -3.10. The van der Waals surface area contributed by atoms with E-state index in [1.807, 2.05) is 0 Å². The van der Waals surface area contributed by atoms with Crippen LogP contribution in [0.2, 0.25) is 15.1 Å². The van der Waals surface area contributed by atoms with Crippen LogP contribution in [0.4, 0.5) is 21.5 Å². The van der Waals surface area contributed by atoms with Gasteiger partial charge in [0.05, 0.1) is 21.4 Å². The summed E-state index contributed by atoms with van der Waals surface area (Å²) in [5.41, 5.74) is 0.171. The highest BCUT2D eigenvalue weighted by Gasteiger charge is 2.40. The van der Waals surface area contributed by atoms with E-state index in [0.717, 1.165) is 6.07 Å². The van der Waals surface area contributed by atoms with Crippen molar-refractivity contribution in [1.29, 1.82) is 0 Å². The average Bonchev–Trinajstić information content (AvgIpc) is 3.00. The zero-order valence-corrected chi connectivity index (χ0v) is 19.9. The summed E-state index contributed by atoms with van der Waals surface area (Å²) in [6, 6.07) is 14.2. The monoisotopic (exact) mass is 537 g/mol. The Bertz CT molecular complexity index is 1370. The number of para-hydroxylation sites is 1. The SMILES string of the molecule is O=C(Nc1c(Cl)cc(Cl)cc1Cl)c1cccc(NC2=C(Cl)C(=O)N(c3ccccc3F)C2=O)c1. The fourth-order valence-electron chi connectivity index (χ4n) is 3.19. The van der Waals surface area contributed by atoms with E-state index in [1.54, 1.807) is 12.1 Å². The molecule has 0 radical (unpaired) electrons. The van der Waals surface area contributed by atoms with Crippen LogP contribution in [-0.4, -0.2) is 17.7 Å². The molecule has 34 heavy (non-hydrogen) atoms. The molecule has 172 valence electrons. The van der Waals surface area contributed by atoms with Gasteiger partial charge in [0.15, 0.2) is 0 Å². The predicted octanol–water partition coefficient (Wildman–Crippen LogP) is 6.47. The van der Waals surface area contributed by atoms with Gasteiger partial charge in [0.25, 0.3) is 17.7 Å². The third-order valence-corrected chi connectivity index (χ3v) is 5.93. The van der Waals surface area contributed by atoms with Crippen molar-refractivity contribution in [3.8, 4) is 0 Å². The maximum Gasteiger partial charge on any atom is 0.283 e. The Morgan fingerprint density at radius 3 is 2.21 bits per heavy atom. The number of nitrogens with zero attached hydrogens (tertiary/aromatic N) is 1. The van der Waals surface area contributed by atoms with Crippen molar-refractivity contribution in [1.82, 2.24) is 0 Å². The highest BCUT2D eigenvalue weighted by Crippen LogP contribution is 2.34. The lowest BCUT2D eigenvalue weighted by Gasteiger charge is -2.16. The van der Waals surface area contributed by atoms with E-state index in [0.29, 0.717) is 9.92 Å². The van der Waals surface area contributed by atoms with Crippen molar-refractivity contribution < 1.29 is 18.8 Å². The van der Waals surface area contributed by atoms with Gasteiger partial charge in [-0.05, 0) is 42.5 Å². The Balaban J connectivity index is 1.57. The minimum atomic E-state index is -0.875. The highest BCUT2D eigenvalue weighted by molar-refractivity contribution is 6.53. The molecule has 0 fully saturated rings. The molecule has 3 aromatic rings. The molecular weight excluding hydrogens is 527 g/mol. The third-order valence-electron chi connectivity index (χ3n) is 4.76. The first kappa shape index (κ1) is 24.0. The average molecular weight is 539 g/mol. The summed E-state index contributed by atoms with van der Waals surface area (Å²) >= 11 is 24.2. The van der Waals surface area contributed by atoms with Gasteiger partial charge in [-0.1, -0.05) is 64.6 Å². The molecule has 0 spiro atoms. The summed E-state index contributed by atoms with van der Waals surface area (Å²) in [5, 5.41) is 5.55. The van der Waals surface area contributed by atoms with E-state index in [1.165, 1.54) is 42.5 Å². The molecular formula is C23H12Cl4FN3O3. The molecule has 2 N–H and O–H groups in total. The Morgan fingerprint density at radius 1 is 0.853 bits per heavy atom. The first-order chi connectivity index (χ1) is 16.2. The zero-order chi connectivity index (χ0) is 24.6. The maximum absolute atomic E-state index is 14.2. The number of anilines is 3. The fraction of sp³-hybridized carbons (Fsp3) is 0. The van der Waals surface area contributed by atoms with Crippen LogP contribution in [0.5, 0.6) is 0 Å². The summed E-state index contributed by atoms with van der Waals surface area (Å²) < 4.78 is 14.2. The van der Waals surface area contributed by atoms with Gasteiger partial charge in [-0.25, -0.2) is 9.29 Å². The number of halogens is 5. The smallest absolute Gasteiger partial charge is 0.283 e. The number of benzene rings is 3. The molecule has 0 saturated carbocycles. The van der Waals surface area contributed by atoms with Crippen molar-refractivity contribution >= 4 is 81.2 Å². The largest absolute Gasteiger partial charge is 0.350 e. The van der Waals surface area contributed by atoms with E-state index in [-0.39, 0.29) is 38.4 Å². The second-order valence-corrected chi connectivity index (χ2v) is 8.62. The highest BCUT2D eigenvalue weighted by atomic mass is 35.5. The van der Waals surface area contributed by atoms with E-state index in [9.17, 15) is 18.8 Å². The quantitative estimate of drug-likeness (QED) is 0.365. The van der Waals surface area contributed by atoms with Crippen LogP contribution in [0.25, 0.3) is 0 Å². The fourth-order valence-corrected chi connectivity index (χ4v) is 4.32. The van der Waals surface area contributed by atoms with Crippen LogP contribution in [0, 0.1) is 5.82 Å². The topological polar surface area (TPSA) is 78.5 Å². The van der Waals surface area contributed by atoms with Crippen molar-refractivity contribution in [3.05, 3.63) is 97.8 Å². The van der Waals surface area contributed by atoms with Gasteiger partial charge in [0.1, 0.15) is 16.5 Å². The first-order valence-electron chi connectivity index (χ1n) is 9.53. The number of carbonyl (C=O) groups excluding carboxylic acids is 3. The molecule has 0 aromatic heterocycles. The van der Waals surface area contributed by atoms with Crippen LogP contribution < -0.4 is 15.5 Å². The second-order valence-electron chi connectivity index (χ2n) is 6.99. The molecule has 3 aromatic carbocycles. The van der Waals surface area contributed by atoms with E-state index in [4.69, 9.17) is 46.4 Å². The van der Waals surface area contributed by atoms with E-state index >= 15 is 0 Å². The second kappa shape index (κ2) is 9.64. The Morgan fingerprint density at radius 2 is 1.53 bits per heavy atom. The number of carbonyl (C=O) groups is 3. The van der Waals surface area contributed by atoms with E-state index < -0.39 is 28.6 Å². The van der Waals surface area contributed by atoms with Gasteiger partial charge in [-0.3, -0.25) is 14.4 Å². The van der Waals surface area contributed by atoms with E-state index in [2.05, 4.69) is 10.6 Å². The number of amides is 3. The Labute approximate surface area is 212 Å². The lowest BCUT2D eigenvalue weighted by atomic mass is 10.1. The predicted molar refractivity (Wildman–Crippen MR) is 131 cm³/mol. The molecule has 11 heteroatoms. The van der Waals surface area contributed by atoms with Crippen LogP contribution >= 0.6 is 46.4 Å². The summed E-state index contributed by atoms with van der Waals surface area (Å²) in [6.45, 7) is 0. The lowest BCUT2D eigenvalue weighted by Crippen LogP contribution is -2.33. The van der Waals surface area contributed by atoms with Gasteiger partial charge >= 0.3 is 0 Å². The normalized spacial score (nSPS) is 13.5. The molecule has 0 unspecified atom stereocenters. The van der Waals surface area contributed by atoms with Gasteiger partial charge in [-0.2, -0.15) is 0 Å². The molecule has 1 aliphatic heterocycles. The number of hydrogen-bond donors (Lipinski definition) is 2. The standard InChI is InChI=1S/C23H12Cl4FN3O3/c24-12-9-14(25)19(15(26)10-12)30-21(32)11-4-3-5-13(8-11)29-20-18(27)22(33)31(23(20)34)17-7-2-1-6-16(17)28/h1-10,29H,(H,30,32). The first-order valence-corrected chi connectivity index (χ1v) is 11.0. The molecule has 1 heterocycles. The number of nitrogens with one attached hydrogen (secondary N) is 2. The summed E-state index contributed by atoms with van der Waals surface area (Å²) in [6.07, 6.45) is 0. The van der Waals surface area contributed by atoms with Crippen LogP contribution in [0.3, 0.4) is 0 Å². The zero-order valence-electron chi connectivity index (χ0n) is 16.8. The molecule has 3 amide bonds. The van der Waals surface area contributed by atoms with Crippen molar-refractivity contribution in [2.45, 2.75) is 0 Å². The maximum atomic E-state index is 14.2. The van der Waals surface area contributed by atoms with Gasteiger partial charge in [-0.15, -0.1) is 0 Å². The summed E-state index contributed by atoms with van der Waals surface area (Å²) in [4.78, 5) is 38.8.